The zero-order valence-corrected chi connectivity index (χ0v) is 16.4. The van der Waals surface area contributed by atoms with Gasteiger partial charge in [-0.1, -0.05) is 42.5 Å². The summed E-state index contributed by atoms with van der Waals surface area (Å²) in [4.78, 5) is 49.5. The van der Waals surface area contributed by atoms with Gasteiger partial charge in [-0.25, -0.2) is 0 Å². The van der Waals surface area contributed by atoms with E-state index in [0.29, 0.717) is 11.4 Å². The second-order valence-corrected chi connectivity index (χ2v) is 6.70. The van der Waals surface area contributed by atoms with E-state index in [0.717, 1.165) is 5.56 Å². The number of fused-ring (bicyclic) bond motifs is 1. The smallest absolute Gasteiger partial charge is 0.265 e. The third-order valence-corrected chi connectivity index (χ3v) is 4.42. The molecule has 1 heterocycles. The maximum absolute atomic E-state index is 12.3. The van der Waals surface area contributed by atoms with Crippen molar-refractivity contribution in [3.05, 3.63) is 60.2 Å². The molecule has 0 saturated carbocycles. The van der Waals surface area contributed by atoms with Crippen LogP contribution >= 0.6 is 0 Å². The lowest BCUT2D eigenvalue weighted by Gasteiger charge is -2.28. The molecular formula is C21H22N4O5. The number of hydrogen-bond acceptors (Lipinski definition) is 5. The van der Waals surface area contributed by atoms with E-state index in [9.17, 15) is 19.2 Å². The SMILES string of the molecule is CC(=O)N[C@H](CC(=O)NNC(=O)CN1C(=O)COc2ccccc21)c1ccccc1. The van der Waals surface area contributed by atoms with Crippen LogP contribution in [0.25, 0.3) is 0 Å². The molecule has 0 aliphatic carbocycles. The molecule has 1 aliphatic heterocycles. The molecule has 9 nitrogen and oxygen atoms in total. The van der Waals surface area contributed by atoms with Crippen LogP contribution < -0.4 is 25.8 Å². The number of anilines is 1. The van der Waals surface area contributed by atoms with Crippen molar-refractivity contribution >= 4 is 29.3 Å². The van der Waals surface area contributed by atoms with Crippen molar-refractivity contribution in [2.24, 2.45) is 0 Å². The molecule has 0 saturated heterocycles. The molecular weight excluding hydrogens is 388 g/mol. The van der Waals surface area contributed by atoms with Gasteiger partial charge in [0.1, 0.15) is 12.3 Å². The first-order valence-corrected chi connectivity index (χ1v) is 9.36. The summed E-state index contributed by atoms with van der Waals surface area (Å²) in [5, 5.41) is 2.72. The van der Waals surface area contributed by atoms with Gasteiger partial charge in [0.05, 0.1) is 18.2 Å². The molecule has 156 valence electrons. The molecule has 30 heavy (non-hydrogen) atoms. The normalized spacial score (nSPS) is 13.5. The quantitative estimate of drug-likeness (QED) is 0.610. The topological polar surface area (TPSA) is 117 Å². The van der Waals surface area contributed by atoms with Crippen LogP contribution in [0, 0.1) is 0 Å². The Bertz CT molecular complexity index is 947. The van der Waals surface area contributed by atoms with Crippen LogP contribution in [-0.2, 0) is 19.2 Å². The Morgan fingerprint density at radius 3 is 2.40 bits per heavy atom. The molecule has 0 unspecified atom stereocenters. The number of para-hydroxylation sites is 2. The highest BCUT2D eigenvalue weighted by molar-refractivity contribution is 6.02. The molecule has 3 N–H and O–H groups in total. The Balaban J connectivity index is 1.56. The first-order chi connectivity index (χ1) is 14.4. The van der Waals surface area contributed by atoms with Crippen LogP contribution in [0.5, 0.6) is 5.75 Å². The average Bonchev–Trinajstić information content (AvgIpc) is 2.74. The summed E-state index contributed by atoms with van der Waals surface area (Å²) in [6, 6.07) is 15.4. The van der Waals surface area contributed by atoms with E-state index in [2.05, 4.69) is 16.2 Å². The number of ether oxygens (including phenoxy) is 1. The zero-order chi connectivity index (χ0) is 21.5. The van der Waals surface area contributed by atoms with Crippen LogP contribution in [0.3, 0.4) is 0 Å². The number of benzene rings is 2. The molecule has 1 aliphatic rings. The summed E-state index contributed by atoms with van der Waals surface area (Å²) in [6.07, 6.45) is -0.0663. The van der Waals surface area contributed by atoms with E-state index in [-0.39, 0.29) is 31.4 Å². The van der Waals surface area contributed by atoms with E-state index < -0.39 is 17.9 Å². The van der Waals surface area contributed by atoms with Gasteiger partial charge in [-0.05, 0) is 17.7 Å². The van der Waals surface area contributed by atoms with Crippen molar-refractivity contribution < 1.29 is 23.9 Å². The summed E-state index contributed by atoms with van der Waals surface area (Å²) in [7, 11) is 0. The Morgan fingerprint density at radius 2 is 1.67 bits per heavy atom. The fourth-order valence-electron chi connectivity index (χ4n) is 3.07. The van der Waals surface area contributed by atoms with Crippen molar-refractivity contribution in [3.63, 3.8) is 0 Å². The number of amides is 4. The van der Waals surface area contributed by atoms with Gasteiger partial charge < -0.3 is 10.1 Å². The highest BCUT2D eigenvalue weighted by Crippen LogP contribution is 2.31. The lowest BCUT2D eigenvalue weighted by Crippen LogP contribution is -2.50. The molecule has 2 aromatic carbocycles. The number of nitrogens with zero attached hydrogens (tertiary/aromatic N) is 1. The van der Waals surface area contributed by atoms with Crippen LogP contribution in [0.1, 0.15) is 24.9 Å². The monoisotopic (exact) mass is 410 g/mol. The summed E-state index contributed by atoms with van der Waals surface area (Å²) in [5.41, 5.74) is 5.89. The van der Waals surface area contributed by atoms with Gasteiger partial charge in [0.2, 0.25) is 11.8 Å². The van der Waals surface area contributed by atoms with Crippen molar-refractivity contribution in [1.82, 2.24) is 16.2 Å². The summed E-state index contributed by atoms with van der Waals surface area (Å²) < 4.78 is 5.34. The second kappa shape index (κ2) is 9.55. The molecule has 2 aromatic rings. The number of nitrogens with one attached hydrogen (secondary N) is 3. The predicted molar refractivity (Wildman–Crippen MR) is 108 cm³/mol. The lowest BCUT2D eigenvalue weighted by molar-refractivity contribution is -0.129. The van der Waals surface area contributed by atoms with Gasteiger partial charge >= 0.3 is 0 Å². The lowest BCUT2D eigenvalue weighted by atomic mass is 10.0. The predicted octanol–water partition coefficient (Wildman–Crippen LogP) is 0.827. The minimum absolute atomic E-state index is 0.0663. The Hall–Kier alpha value is -3.88. The molecule has 0 spiro atoms. The van der Waals surface area contributed by atoms with Crippen molar-refractivity contribution in [2.75, 3.05) is 18.1 Å². The molecule has 0 radical (unpaired) electrons. The molecule has 0 bridgehead atoms. The standard InChI is InChI=1S/C21H22N4O5/c1-14(26)22-16(15-7-3-2-4-8-15)11-19(27)23-24-20(28)12-25-17-9-5-6-10-18(17)30-13-21(25)29/h2-10,16H,11-13H2,1H3,(H,22,26)(H,23,27)(H,24,28)/t16-/m1/s1. The fourth-order valence-corrected chi connectivity index (χ4v) is 3.07. The maximum atomic E-state index is 12.3. The first-order valence-electron chi connectivity index (χ1n) is 9.36. The number of rotatable bonds is 6. The zero-order valence-electron chi connectivity index (χ0n) is 16.4. The van der Waals surface area contributed by atoms with Gasteiger partial charge in [0.25, 0.3) is 11.8 Å². The third kappa shape index (κ3) is 5.34. The van der Waals surface area contributed by atoms with Gasteiger partial charge in [-0.2, -0.15) is 0 Å². The van der Waals surface area contributed by atoms with Crippen molar-refractivity contribution in [2.45, 2.75) is 19.4 Å². The van der Waals surface area contributed by atoms with Gasteiger partial charge in [0, 0.05) is 6.92 Å². The van der Waals surface area contributed by atoms with Crippen LogP contribution in [0.4, 0.5) is 5.69 Å². The van der Waals surface area contributed by atoms with Crippen LogP contribution in [-0.4, -0.2) is 36.8 Å². The van der Waals surface area contributed by atoms with Crippen LogP contribution in [0.2, 0.25) is 0 Å². The van der Waals surface area contributed by atoms with E-state index in [1.807, 2.05) is 6.07 Å². The van der Waals surface area contributed by atoms with E-state index in [1.165, 1.54) is 11.8 Å². The molecule has 0 aromatic heterocycles. The Kier molecular flexibility index (Phi) is 6.63. The second-order valence-electron chi connectivity index (χ2n) is 6.70. The van der Waals surface area contributed by atoms with E-state index >= 15 is 0 Å². The highest BCUT2D eigenvalue weighted by atomic mass is 16.5. The van der Waals surface area contributed by atoms with E-state index in [1.54, 1.807) is 48.5 Å². The molecule has 1 atom stereocenters. The summed E-state index contributed by atoms with van der Waals surface area (Å²) in [6.45, 7) is 0.937. The van der Waals surface area contributed by atoms with Crippen molar-refractivity contribution in [3.8, 4) is 5.75 Å². The Labute approximate surface area is 173 Å². The highest BCUT2D eigenvalue weighted by Gasteiger charge is 2.27. The third-order valence-electron chi connectivity index (χ3n) is 4.42. The fraction of sp³-hybridized carbons (Fsp3) is 0.238. The maximum Gasteiger partial charge on any atom is 0.265 e. The van der Waals surface area contributed by atoms with Crippen LogP contribution in [0.15, 0.2) is 54.6 Å². The molecule has 9 heteroatoms. The first kappa shape index (κ1) is 20.8. The van der Waals surface area contributed by atoms with Gasteiger partial charge in [-0.15, -0.1) is 0 Å². The summed E-state index contributed by atoms with van der Waals surface area (Å²) in [5.74, 6) is -1.17. The number of carbonyl (C=O) groups excluding carboxylic acids is 4. The number of hydrazine groups is 1. The minimum Gasteiger partial charge on any atom is -0.482 e. The molecule has 0 fully saturated rings. The Morgan fingerprint density at radius 1 is 1.00 bits per heavy atom. The molecule has 3 rings (SSSR count). The van der Waals surface area contributed by atoms with Gasteiger partial charge in [-0.3, -0.25) is 34.9 Å². The number of hydrogen-bond donors (Lipinski definition) is 3. The number of carbonyl (C=O) groups is 4. The van der Waals surface area contributed by atoms with Gasteiger partial charge in [0.15, 0.2) is 6.61 Å². The largest absolute Gasteiger partial charge is 0.482 e. The average molecular weight is 410 g/mol. The van der Waals surface area contributed by atoms with Crippen molar-refractivity contribution in [1.29, 1.82) is 0 Å². The molecule has 4 amide bonds. The van der Waals surface area contributed by atoms with E-state index in [4.69, 9.17) is 4.74 Å². The minimum atomic E-state index is -0.566. The summed E-state index contributed by atoms with van der Waals surface area (Å²) >= 11 is 0.